The second kappa shape index (κ2) is 7.00. The number of nitrogen functional groups attached to an aromatic ring is 1. The van der Waals surface area contributed by atoms with Crippen LogP contribution in [0, 0.1) is 19.8 Å². The summed E-state index contributed by atoms with van der Waals surface area (Å²) in [5.41, 5.74) is 9.84. The Hall–Kier alpha value is -2.41. The number of carbonyl (C=O) groups excluding carboxylic acids is 1. The number of nitrogens with two attached hydrogens (primary N) is 1. The third-order valence-electron chi connectivity index (χ3n) is 4.58. The molecule has 1 saturated heterocycles. The van der Waals surface area contributed by atoms with Crippen LogP contribution in [0.3, 0.4) is 0 Å². The Morgan fingerprint density at radius 3 is 2.75 bits per heavy atom. The lowest BCUT2D eigenvalue weighted by Gasteiger charge is -2.22. The molecule has 0 spiro atoms. The lowest BCUT2D eigenvalue weighted by molar-refractivity contribution is -0.125. The third-order valence-corrected chi connectivity index (χ3v) is 4.58. The second-order valence-corrected chi connectivity index (χ2v) is 6.38. The molecular formula is C17H24N6O. The summed E-state index contributed by atoms with van der Waals surface area (Å²) < 4.78 is 0. The van der Waals surface area contributed by atoms with E-state index in [1.807, 2.05) is 19.9 Å². The van der Waals surface area contributed by atoms with Gasteiger partial charge in [-0.15, -0.1) is 5.10 Å². The Kier molecular flexibility index (Phi) is 4.80. The lowest BCUT2D eigenvalue weighted by Crippen LogP contribution is -2.38. The first kappa shape index (κ1) is 16.4. The number of carbonyl (C=O) groups is 1. The van der Waals surface area contributed by atoms with Crippen molar-refractivity contribution in [2.45, 2.75) is 33.2 Å². The van der Waals surface area contributed by atoms with Gasteiger partial charge in [0.25, 0.3) is 0 Å². The maximum atomic E-state index is 12.3. The smallest absolute Gasteiger partial charge is 0.239 e. The van der Waals surface area contributed by atoms with Crippen LogP contribution in [0.1, 0.15) is 29.5 Å². The predicted molar refractivity (Wildman–Crippen MR) is 93.1 cm³/mol. The first-order valence-corrected chi connectivity index (χ1v) is 8.31. The van der Waals surface area contributed by atoms with Crippen molar-refractivity contribution >= 4 is 11.9 Å². The molecule has 24 heavy (non-hydrogen) atoms. The number of aromatic amines is 1. The molecule has 1 aliphatic rings. The Balaban J connectivity index is 1.76. The molecule has 1 fully saturated rings. The third kappa shape index (κ3) is 3.56. The summed E-state index contributed by atoms with van der Waals surface area (Å²) in [5.74, 6) is 1.14. The number of hydrogen-bond acceptors (Lipinski definition) is 5. The average molecular weight is 328 g/mol. The topological polar surface area (TPSA) is 109 Å². The van der Waals surface area contributed by atoms with E-state index in [1.165, 1.54) is 0 Å². The van der Waals surface area contributed by atoms with Gasteiger partial charge in [-0.05, 0) is 57.0 Å². The van der Waals surface area contributed by atoms with Gasteiger partial charge in [0.05, 0.1) is 0 Å². The number of nitrogens with one attached hydrogen (secondary N) is 3. The van der Waals surface area contributed by atoms with Crippen molar-refractivity contribution in [3.05, 3.63) is 28.8 Å². The van der Waals surface area contributed by atoms with Gasteiger partial charge in [-0.3, -0.25) is 9.89 Å². The van der Waals surface area contributed by atoms with E-state index in [0.29, 0.717) is 12.4 Å². The normalized spacial score (nSPS) is 15.4. The number of aryl methyl sites for hydroxylation is 1. The highest BCUT2D eigenvalue weighted by atomic mass is 16.1. The van der Waals surface area contributed by atoms with Crippen molar-refractivity contribution in [2.75, 3.05) is 18.8 Å². The number of aromatic nitrogens is 3. The molecule has 0 aliphatic carbocycles. The van der Waals surface area contributed by atoms with Crippen LogP contribution in [0.5, 0.6) is 0 Å². The minimum absolute atomic E-state index is 0.116. The summed E-state index contributed by atoms with van der Waals surface area (Å²) in [5, 5.41) is 13.1. The van der Waals surface area contributed by atoms with Gasteiger partial charge in [0.15, 0.2) is 5.82 Å². The van der Waals surface area contributed by atoms with Crippen LogP contribution in [0.25, 0.3) is 11.4 Å². The molecule has 1 aromatic heterocycles. The van der Waals surface area contributed by atoms with Gasteiger partial charge in [-0.2, -0.15) is 4.98 Å². The molecule has 128 valence electrons. The number of H-pyrrole nitrogens is 1. The molecule has 1 amide bonds. The molecule has 0 unspecified atom stereocenters. The van der Waals surface area contributed by atoms with Crippen LogP contribution < -0.4 is 16.4 Å². The average Bonchev–Trinajstić information content (AvgIpc) is 3.02. The lowest BCUT2D eigenvalue weighted by atomic mass is 9.96. The van der Waals surface area contributed by atoms with E-state index in [4.69, 9.17) is 5.73 Å². The van der Waals surface area contributed by atoms with Crippen LogP contribution in [-0.2, 0) is 11.3 Å². The Morgan fingerprint density at radius 2 is 2.08 bits per heavy atom. The predicted octanol–water partition coefficient (Wildman–Crippen LogP) is 1.29. The molecule has 2 heterocycles. The number of piperidine rings is 1. The van der Waals surface area contributed by atoms with E-state index in [-0.39, 0.29) is 17.8 Å². The Bertz CT molecular complexity index is 733. The monoisotopic (exact) mass is 328 g/mol. The van der Waals surface area contributed by atoms with Gasteiger partial charge in [-0.1, -0.05) is 11.6 Å². The standard InChI is InChI=1S/C17H24N6O/c1-10-7-13(9-20-16(24)12-3-5-19-6-4-12)11(2)14(8-10)15-21-17(18)23-22-15/h7-8,12,19H,3-6,9H2,1-2H3,(H,20,24)(H3,18,21,22,23). The fourth-order valence-corrected chi connectivity index (χ4v) is 3.17. The molecule has 1 aliphatic heterocycles. The fraction of sp³-hybridized carbons (Fsp3) is 0.471. The summed E-state index contributed by atoms with van der Waals surface area (Å²) >= 11 is 0. The largest absolute Gasteiger partial charge is 0.366 e. The molecule has 0 bridgehead atoms. The Morgan fingerprint density at radius 1 is 1.33 bits per heavy atom. The summed E-state index contributed by atoms with van der Waals surface area (Å²) in [6.45, 7) is 6.41. The summed E-state index contributed by atoms with van der Waals surface area (Å²) in [7, 11) is 0. The van der Waals surface area contributed by atoms with Crippen LogP contribution in [0.2, 0.25) is 0 Å². The molecule has 3 rings (SSSR count). The molecule has 0 atom stereocenters. The zero-order chi connectivity index (χ0) is 17.1. The van der Waals surface area contributed by atoms with Crippen molar-refractivity contribution in [1.29, 1.82) is 0 Å². The summed E-state index contributed by atoms with van der Waals surface area (Å²) in [6, 6.07) is 4.15. The number of rotatable bonds is 4. The highest BCUT2D eigenvalue weighted by Gasteiger charge is 2.21. The van der Waals surface area contributed by atoms with Gasteiger partial charge < -0.3 is 16.4 Å². The van der Waals surface area contributed by atoms with Gasteiger partial charge in [-0.25, -0.2) is 0 Å². The molecule has 7 nitrogen and oxygen atoms in total. The number of nitrogens with zero attached hydrogens (tertiary/aromatic N) is 2. The van der Waals surface area contributed by atoms with E-state index >= 15 is 0 Å². The molecule has 1 aromatic carbocycles. The van der Waals surface area contributed by atoms with Gasteiger partial charge in [0.2, 0.25) is 11.9 Å². The van der Waals surface area contributed by atoms with E-state index in [9.17, 15) is 4.79 Å². The second-order valence-electron chi connectivity index (χ2n) is 6.38. The van der Waals surface area contributed by atoms with Crippen LogP contribution in [0.4, 0.5) is 5.95 Å². The molecule has 5 N–H and O–H groups in total. The highest BCUT2D eigenvalue weighted by molar-refractivity contribution is 5.79. The quantitative estimate of drug-likeness (QED) is 0.676. The highest BCUT2D eigenvalue weighted by Crippen LogP contribution is 2.25. The molecular weight excluding hydrogens is 304 g/mol. The van der Waals surface area contributed by atoms with Crippen molar-refractivity contribution in [2.24, 2.45) is 5.92 Å². The minimum Gasteiger partial charge on any atom is -0.366 e. The van der Waals surface area contributed by atoms with E-state index in [0.717, 1.165) is 48.2 Å². The van der Waals surface area contributed by atoms with Crippen molar-refractivity contribution in [3.8, 4) is 11.4 Å². The minimum atomic E-state index is 0.116. The number of benzene rings is 1. The number of anilines is 1. The molecule has 0 radical (unpaired) electrons. The van der Waals surface area contributed by atoms with E-state index < -0.39 is 0 Å². The maximum absolute atomic E-state index is 12.3. The van der Waals surface area contributed by atoms with Crippen LogP contribution in [0.15, 0.2) is 12.1 Å². The van der Waals surface area contributed by atoms with Gasteiger partial charge in [0, 0.05) is 18.0 Å². The Labute approximate surface area is 141 Å². The van der Waals surface area contributed by atoms with Crippen LogP contribution >= 0.6 is 0 Å². The molecule has 7 heteroatoms. The maximum Gasteiger partial charge on any atom is 0.239 e. The number of amides is 1. The summed E-state index contributed by atoms with van der Waals surface area (Å²) in [4.78, 5) is 16.6. The summed E-state index contributed by atoms with van der Waals surface area (Å²) in [6.07, 6.45) is 1.81. The van der Waals surface area contributed by atoms with Gasteiger partial charge in [0.1, 0.15) is 0 Å². The zero-order valence-electron chi connectivity index (χ0n) is 14.1. The number of hydrogen-bond donors (Lipinski definition) is 4. The van der Waals surface area contributed by atoms with E-state index in [1.54, 1.807) is 0 Å². The zero-order valence-corrected chi connectivity index (χ0v) is 14.1. The van der Waals surface area contributed by atoms with Crippen molar-refractivity contribution < 1.29 is 4.79 Å². The van der Waals surface area contributed by atoms with Crippen LogP contribution in [-0.4, -0.2) is 34.2 Å². The van der Waals surface area contributed by atoms with Crippen molar-refractivity contribution in [3.63, 3.8) is 0 Å². The van der Waals surface area contributed by atoms with E-state index in [2.05, 4.69) is 31.9 Å². The molecule has 2 aromatic rings. The fourth-order valence-electron chi connectivity index (χ4n) is 3.17. The first-order chi connectivity index (χ1) is 11.5. The van der Waals surface area contributed by atoms with Gasteiger partial charge >= 0.3 is 0 Å². The first-order valence-electron chi connectivity index (χ1n) is 8.31. The molecule has 0 saturated carbocycles. The van der Waals surface area contributed by atoms with Crippen molar-refractivity contribution in [1.82, 2.24) is 25.8 Å². The SMILES string of the molecule is Cc1cc(CNC(=O)C2CCNCC2)c(C)c(-c2nc(N)n[nH]2)c1.